The Bertz CT molecular complexity index is 1300. The number of nitrogens with one attached hydrogen (secondary N) is 1. The van der Waals surface area contributed by atoms with Gasteiger partial charge in [0.25, 0.3) is 11.8 Å². The summed E-state index contributed by atoms with van der Waals surface area (Å²) in [6.45, 7) is 1.93. The molecule has 4 aliphatic carbocycles. The van der Waals surface area contributed by atoms with E-state index in [0.29, 0.717) is 30.1 Å². The second kappa shape index (κ2) is 7.67. The topological polar surface area (TPSA) is 84.5 Å². The smallest absolute Gasteiger partial charge is 0.274 e. The monoisotopic (exact) mass is 472 g/mol. The molecule has 4 bridgehead atoms. The first-order chi connectivity index (χ1) is 17.0. The Balaban J connectivity index is 1.09. The van der Waals surface area contributed by atoms with E-state index in [-0.39, 0.29) is 17.2 Å². The number of rotatable bonds is 4. The molecule has 5 aliphatic rings. The van der Waals surface area contributed by atoms with Gasteiger partial charge in [0.15, 0.2) is 0 Å². The maximum Gasteiger partial charge on any atom is 0.274 e. The van der Waals surface area contributed by atoms with Crippen LogP contribution >= 0.6 is 0 Å². The zero-order valence-electron chi connectivity index (χ0n) is 20.2. The molecule has 0 aromatic carbocycles. The number of fused-ring (bicyclic) bond motifs is 2. The van der Waals surface area contributed by atoms with Crippen molar-refractivity contribution in [2.75, 3.05) is 13.1 Å². The first-order valence-electron chi connectivity index (χ1n) is 13.0. The fourth-order valence-electron chi connectivity index (χ4n) is 7.99. The van der Waals surface area contributed by atoms with Crippen LogP contribution in [0.15, 0.2) is 30.6 Å². The zero-order chi connectivity index (χ0) is 23.7. The predicted octanol–water partition coefficient (Wildman–Crippen LogP) is 3.21. The Labute approximate surface area is 204 Å². The summed E-state index contributed by atoms with van der Waals surface area (Å²) < 4.78 is 3.65. The minimum Gasteiger partial charge on any atom is -0.350 e. The number of hydrogen-bond donors (Lipinski definition) is 1. The number of aryl methyl sites for hydroxylation is 1. The van der Waals surface area contributed by atoms with Gasteiger partial charge in [-0.3, -0.25) is 18.7 Å². The molecule has 4 heterocycles. The standard InChI is InChI=1S/C27H32N6O2/c1-31-22-5-6-32(14-20(22)13-29-31)26(35)21-15-33-23(3-2-4-24(33)30-21)25(34)28-16-27-10-17-7-18(11-27)9-19(8-17)12-27/h2-4,13,15,17-19H,5-12,14,16H2,1H3,(H,28,34). The van der Waals surface area contributed by atoms with Crippen molar-refractivity contribution in [3.05, 3.63) is 53.2 Å². The molecule has 0 saturated heterocycles. The Morgan fingerprint density at radius 1 is 1.11 bits per heavy atom. The Kier molecular flexibility index (Phi) is 4.63. The normalized spacial score (nSPS) is 28.9. The van der Waals surface area contributed by atoms with Gasteiger partial charge in [0, 0.05) is 50.6 Å². The van der Waals surface area contributed by atoms with Crippen LogP contribution in [0, 0.1) is 23.2 Å². The summed E-state index contributed by atoms with van der Waals surface area (Å²) in [5.74, 6) is 2.40. The van der Waals surface area contributed by atoms with E-state index >= 15 is 0 Å². The van der Waals surface area contributed by atoms with E-state index in [9.17, 15) is 9.59 Å². The Morgan fingerprint density at radius 2 is 1.86 bits per heavy atom. The lowest BCUT2D eigenvalue weighted by Crippen LogP contribution is -2.51. The third-order valence-corrected chi connectivity index (χ3v) is 9.15. The third kappa shape index (κ3) is 3.48. The van der Waals surface area contributed by atoms with E-state index in [2.05, 4.69) is 15.4 Å². The van der Waals surface area contributed by atoms with E-state index < -0.39 is 0 Å². The van der Waals surface area contributed by atoms with Crippen molar-refractivity contribution in [2.24, 2.45) is 30.2 Å². The highest BCUT2D eigenvalue weighted by molar-refractivity contribution is 5.95. The maximum atomic E-state index is 13.3. The van der Waals surface area contributed by atoms with Gasteiger partial charge in [-0.15, -0.1) is 0 Å². The van der Waals surface area contributed by atoms with Gasteiger partial charge in [0.05, 0.1) is 6.20 Å². The minimum atomic E-state index is -0.108. The number of amides is 2. The van der Waals surface area contributed by atoms with Crippen LogP contribution in [0.3, 0.4) is 0 Å². The highest BCUT2D eigenvalue weighted by Gasteiger charge is 2.50. The average molecular weight is 473 g/mol. The lowest BCUT2D eigenvalue weighted by Gasteiger charge is -2.56. The van der Waals surface area contributed by atoms with E-state index in [1.807, 2.05) is 41.0 Å². The molecule has 8 rings (SSSR count). The maximum absolute atomic E-state index is 13.3. The van der Waals surface area contributed by atoms with Crippen LogP contribution < -0.4 is 5.32 Å². The lowest BCUT2D eigenvalue weighted by atomic mass is 9.49. The second-order valence-electron chi connectivity index (χ2n) is 11.6. The summed E-state index contributed by atoms with van der Waals surface area (Å²) >= 11 is 0. The van der Waals surface area contributed by atoms with Gasteiger partial charge in [-0.1, -0.05) is 6.07 Å². The molecule has 0 spiro atoms. The molecule has 35 heavy (non-hydrogen) atoms. The molecule has 1 aliphatic heterocycles. The van der Waals surface area contributed by atoms with Crippen LogP contribution in [0.4, 0.5) is 0 Å². The van der Waals surface area contributed by atoms with Crippen LogP contribution in [0.1, 0.15) is 70.8 Å². The summed E-state index contributed by atoms with van der Waals surface area (Å²) in [4.78, 5) is 33.0. The number of carbonyl (C=O) groups is 2. The van der Waals surface area contributed by atoms with Crippen molar-refractivity contribution in [2.45, 2.75) is 51.5 Å². The number of imidazole rings is 1. The van der Waals surface area contributed by atoms with Crippen molar-refractivity contribution in [1.82, 2.24) is 29.4 Å². The molecule has 4 fully saturated rings. The highest BCUT2D eigenvalue weighted by atomic mass is 16.2. The minimum absolute atomic E-state index is 0.0827. The average Bonchev–Trinajstić information content (AvgIpc) is 3.44. The van der Waals surface area contributed by atoms with Crippen LogP contribution in [0.5, 0.6) is 0 Å². The van der Waals surface area contributed by atoms with Gasteiger partial charge in [-0.2, -0.15) is 5.10 Å². The Morgan fingerprint density at radius 3 is 2.60 bits per heavy atom. The number of aromatic nitrogens is 4. The van der Waals surface area contributed by atoms with Crippen molar-refractivity contribution >= 4 is 17.5 Å². The van der Waals surface area contributed by atoms with Crippen molar-refractivity contribution < 1.29 is 9.59 Å². The van der Waals surface area contributed by atoms with Crippen molar-refractivity contribution in [3.63, 3.8) is 0 Å². The fraction of sp³-hybridized carbons (Fsp3) is 0.556. The molecule has 0 radical (unpaired) electrons. The molecule has 0 atom stereocenters. The molecule has 1 N–H and O–H groups in total. The van der Waals surface area contributed by atoms with Gasteiger partial charge < -0.3 is 10.2 Å². The Hall–Kier alpha value is -3.16. The fourth-order valence-corrected chi connectivity index (χ4v) is 7.99. The van der Waals surface area contributed by atoms with Gasteiger partial charge >= 0.3 is 0 Å². The number of carbonyl (C=O) groups excluding carboxylic acids is 2. The van der Waals surface area contributed by atoms with Crippen LogP contribution in [0.25, 0.3) is 5.65 Å². The first kappa shape index (κ1) is 21.1. The molecule has 0 unspecified atom stereocenters. The molecule has 8 heteroatoms. The second-order valence-corrected chi connectivity index (χ2v) is 11.6. The molecule has 3 aromatic heterocycles. The lowest BCUT2D eigenvalue weighted by molar-refractivity contribution is -0.0503. The van der Waals surface area contributed by atoms with Crippen LogP contribution in [0.2, 0.25) is 0 Å². The first-order valence-corrected chi connectivity index (χ1v) is 13.0. The molecule has 8 nitrogen and oxygen atoms in total. The number of nitrogens with zero attached hydrogens (tertiary/aromatic N) is 5. The highest BCUT2D eigenvalue weighted by Crippen LogP contribution is 2.59. The molecular weight excluding hydrogens is 440 g/mol. The van der Waals surface area contributed by atoms with Crippen LogP contribution in [-0.2, 0) is 20.0 Å². The number of hydrogen-bond acceptors (Lipinski definition) is 4. The third-order valence-electron chi connectivity index (χ3n) is 9.15. The quantitative estimate of drug-likeness (QED) is 0.632. The van der Waals surface area contributed by atoms with E-state index in [0.717, 1.165) is 36.3 Å². The largest absolute Gasteiger partial charge is 0.350 e. The van der Waals surface area contributed by atoms with E-state index in [1.165, 1.54) is 44.2 Å². The summed E-state index contributed by atoms with van der Waals surface area (Å²) in [6.07, 6.45) is 12.3. The summed E-state index contributed by atoms with van der Waals surface area (Å²) in [7, 11) is 1.94. The van der Waals surface area contributed by atoms with Gasteiger partial charge in [-0.05, 0) is 73.8 Å². The van der Waals surface area contributed by atoms with Gasteiger partial charge in [0.1, 0.15) is 17.0 Å². The van der Waals surface area contributed by atoms with Crippen LogP contribution in [-0.4, -0.2) is 49.0 Å². The van der Waals surface area contributed by atoms with Gasteiger partial charge in [-0.25, -0.2) is 4.98 Å². The van der Waals surface area contributed by atoms with Crippen molar-refractivity contribution in [3.8, 4) is 0 Å². The SMILES string of the molecule is Cn1ncc2c1CCN(C(=O)c1cn3c(C(=O)NCC45CC6CC(CC(C6)C4)C5)cccc3n1)C2. The molecule has 3 aromatic rings. The molecule has 182 valence electrons. The summed E-state index contributed by atoms with van der Waals surface area (Å²) in [6, 6.07) is 5.52. The van der Waals surface area contributed by atoms with Gasteiger partial charge in [0.2, 0.25) is 0 Å². The predicted molar refractivity (Wildman–Crippen MR) is 130 cm³/mol. The summed E-state index contributed by atoms with van der Waals surface area (Å²) in [5.41, 5.74) is 4.08. The molecule has 2 amide bonds. The van der Waals surface area contributed by atoms with E-state index in [4.69, 9.17) is 0 Å². The van der Waals surface area contributed by atoms with E-state index in [1.54, 1.807) is 10.6 Å². The number of pyridine rings is 1. The molecular formula is C27H32N6O2. The molecule has 4 saturated carbocycles. The van der Waals surface area contributed by atoms with Crippen molar-refractivity contribution in [1.29, 1.82) is 0 Å². The zero-order valence-corrected chi connectivity index (χ0v) is 20.2. The summed E-state index contributed by atoms with van der Waals surface area (Å²) in [5, 5.41) is 7.59.